The molecular formula is C18H22ClN. The molecule has 1 aliphatic carbocycles. The van der Waals surface area contributed by atoms with Crippen LogP contribution >= 0.6 is 11.6 Å². The van der Waals surface area contributed by atoms with Gasteiger partial charge in [0, 0.05) is 22.9 Å². The highest BCUT2D eigenvalue weighted by Crippen LogP contribution is 2.33. The Morgan fingerprint density at radius 2 is 1.85 bits per heavy atom. The van der Waals surface area contributed by atoms with Gasteiger partial charge in [0.15, 0.2) is 0 Å². The maximum atomic E-state index is 6.65. The highest BCUT2D eigenvalue weighted by molar-refractivity contribution is 6.20. The second kappa shape index (κ2) is 6.13. The molecule has 106 valence electrons. The first kappa shape index (κ1) is 13.9. The summed E-state index contributed by atoms with van der Waals surface area (Å²) >= 11 is 6.65. The number of halogens is 1. The monoisotopic (exact) mass is 287 g/mol. The van der Waals surface area contributed by atoms with Crippen LogP contribution in [0.4, 0.5) is 0 Å². The largest absolute Gasteiger partial charge is 0.253 e. The second-order valence-corrected chi connectivity index (χ2v) is 6.80. The third kappa shape index (κ3) is 3.15. The van der Waals surface area contributed by atoms with E-state index in [1.165, 1.54) is 31.1 Å². The number of rotatable bonds is 3. The summed E-state index contributed by atoms with van der Waals surface area (Å²) in [7, 11) is 0. The van der Waals surface area contributed by atoms with E-state index in [4.69, 9.17) is 16.6 Å². The fourth-order valence-corrected chi connectivity index (χ4v) is 3.65. The number of pyridine rings is 1. The molecule has 1 unspecified atom stereocenters. The van der Waals surface area contributed by atoms with Crippen molar-refractivity contribution in [1.82, 2.24) is 4.98 Å². The summed E-state index contributed by atoms with van der Waals surface area (Å²) in [5.41, 5.74) is 2.20. The summed E-state index contributed by atoms with van der Waals surface area (Å²) in [6, 6.07) is 12.6. The van der Waals surface area contributed by atoms with Gasteiger partial charge in [0.05, 0.1) is 5.52 Å². The Bertz CT molecular complexity index is 572. The van der Waals surface area contributed by atoms with Gasteiger partial charge in [-0.2, -0.15) is 0 Å². The van der Waals surface area contributed by atoms with E-state index in [-0.39, 0.29) is 5.38 Å². The van der Waals surface area contributed by atoms with Gasteiger partial charge >= 0.3 is 0 Å². The van der Waals surface area contributed by atoms with Crippen LogP contribution in [0.1, 0.15) is 38.3 Å². The zero-order valence-electron chi connectivity index (χ0n) is 12.1. The molecule has 20 heavy (non-hydrogen) atoms. The number of fused-ring (bicyclic) bond motifs is 1. The lowest BCUT2D eigenvalue weighted by Gasteiger charge is -2.29. The minimum atomic E-state index is 0.233. The molecule has 2 aromatic rings. The number of para-hydroxylation sites is 1. The van der Waals surface area contributed by atoms with Gasteiger partial charge < -0.3 is 0 Å². The summed E-state index contributed by atoms with van der Waals surface area (Å²) < 4.78 is 0. The van der Waals surface area contributed by atoms with Crippen LogP contribution in [0.2, 0.25) is 0 Å². The minimum Gasteiger partial charge on any atom is -0.253 e. The van der Waals surface area contributed by atoms with Gasteiger partial charge in [-0.05, 0) is 36.8 Å². The van der Waals surface area contributed by atoms with E-state index in [1.54, 1.807) is 0 Å². The highest BCUT2D eigenvalue weighted by Gasteiger charge is 2.25. The number of alkyl halides is 1. The molecule has 1 atom stereocenters. The number of nitrogens with zero attached hydrogens (tertiary/aromatic N) is 1. The van der Waals surface area contributed by atoms with E-state index in [0.717, 1.165) is 23.5 Å². The topological polar surface area (TPSA) is 12.9 Å². The number of aromatic nitrogens is 1. The normalized spacial score (nSPS) is 24.7. The van der Waals surface area contributed by atoms with E-state index >= 15 is 0 Å². The Morgan fingerprint density at radius 1 is 1.10 bits per heavy atom. The molecule has 0 amide bonds. The van der Waals surface area contributed by atoms with Crippen LogP contribution < -0.4 is 0 Å². The van der Waals surface area contributed by atoms with Crippen LogP contribution in [0.3, 0.4) is 0 Å². The molecule has 2 heteroatoms. The van der Waals surface area contributed by atoms with E-state index in [0.29, 0.717) is 5.92 Å². The lowest BCUT2D eigenvalue weighted by Crippen LogP contribution is -2.23. The molecule has 0 N–H and O–H groups in total. The van der Waals surface area contributed by atoms with Gasteiger partial charge in [-0.25, -0.2) is 0 Å². The Balaban J connectivity index is 1.69. The molecular weight excluding hydrogens is 266 g/mol. The Hall–Kier alpha value is -1.08. The summed E-state index contributed by atoms with van der Waals surface area (Å²) in [5.74, 6) is 1.55. The maximum absolute atomic E-state index is 6.65. The highest BCUT2D eigenvalue weighted by atomic mass is 35.5. The molecule has 0 spiro atoms. The molecule has 0 saturated heterocycles. The molecule has 1 aliphatic rings. The molecule has 1 fully saturated rings. The van der Waals surface area contributed by atoms with Crippen molar-refractivity contribution in [2.45, 2.75) is 44.4 Å². The molecule has 0 radical (unpaired) electrons. The SMILES string of the molecule is CC1CCC(C(Cl)Cc2ccc3ccccc3n2)CC1. The van der Waals surface area contributed by atoms with Crippen molar-refractivity contribution in [1.29, 1.82) is 0 Å². The summed E-state index contributed by atoms with van der Waals surface area (Å²) in [6.45, 7) is 2.35. The predicted molar refractivity (Wildman–Crippen MR) is 86.2 cm³/mol. The van der Waals surface area contributed by atoms with Gasteiger partial charge in [-0.15, -0.1) is 11.6 Å². The molecule has 0 aliphatic heterocycles. The zero-order valence-corrected chi connectivity index (χ0v) is 12.8. The standard InChI is InChI=1S/C18H22ClN/c1-13-6-8-14(9-7-13)17(19)12-16-11-10-15-4-2-3-5-18(15)20-16/h2-5,10-11,13-14,17H,6-9,12H2,1H3. The predicted octanol–water partition coefficient (Wildman–Crippen LogP) is 5.21. The molecule has 1 aromatic heterocycles. The summed E-state index contributed by atoms with van der Waals surface area (Å²) in [5, 5.41) is 1.44. The van der Waals surface area contributed by atoms with Crippen molar-refractivity contribution >= 4 is 22.5 Å². The first-order valence-corrected chi connectivity index (χ1v) is 8.15. The van der Waals surface area contributed by atoms with Crippen molar-refractivity contribution in [2.24, 2.45) is 11.8 Å². The minimum absolute atomic E-state index is 0.233. The third-order valence-electron chi connectivity index (χ3n) is 4.63. The van der Waals surface area contributed by atoms with Crippen molar-refractivity contribution in [3.8, 4) is 0 Å². The molecule has 1 saturated carbocycles. The first-order chi connectivity index (χ1) is 9.72. The summed E-state index contributed by atoms with van der Waals surface area (Å²) in [4.78, 5) is 4.74. The van der Waals surface area contributed by atoms with Crippen LogP contribution in [0.25, 0.3) is 10.9 Å². The summed E-state index contributed by atoms with van der Waals surface area (Å²) in [6.07, 6.45) is 6.12. The molecule has 1 heterocycles. The molecule has 1 nitrogen and oxygen atoms in total. The smallest absolute Gasteiger partial charge is 0.0705 e. The second-order valence-electron chi connectivity index (χ2n) is 6.24. The van der Waals surface area contributed by atoms with E-state index in [2.05, 4.69) is 37.3 Å². The van der Waals surface area contributed by atoms with Gasteiger partial charge in [-0.3, -0.25) is 4.98 Å². The zero-order chi connectivity index (χ0) is 13.9. The van der Waals surface area contributed by atoms with E-state index in [1.807, 2.05) is 6.07 Å². The van der Waals surface area contributed by atoms with Gasteiger partial charge in [0.2, 0.25) is 0 Å². The van der Waals surface area contributed by atoms with Gasteiger partial charge in [0.1, 0.15) is 0 Å². The maximum Gasteiger partial charge on any atom is 0.0705 e. The quantitative estimate of drug-likeness (QED) is 0.706. The molecule has 3 rings (SSSR count). The average molecular weight is 288 g/mol. The molecule has 0 bridgehead atoms. The molecule has 1 aromatic carbocycles. The third-order valence-corrected chi connectivity index (χ3v) is 5.14. The van der Waals surface area contributed by atoms with Crippen LogP contribution in [-0.2, 0) is 6.42 Å². The first-order valence-electron chi connectivity index (χ1n) is 7.71. The Morgan fingerprint density at radius 3 is 2.65 bits per heavy atom. The van der Waals surface area contributed by atoms with Crippen molar-refractivity contribution in [2.75, 3.05) is 0 Å². The van der Waals surface area contributed by atoms with Crippen LogP contribution in [-0.4, -0.2) is 10.4 Å². The van der Waals surface area contributed by atoms with Crippen molar-refractivity contribution in [3.05, 3.63) is 42.1 Å². The van der Waals surface area contributed by atoms with E-state index < -0.39 is 0 Å². The van der Waals surface area contributed by atoms with Gasteiger partial charge in [0.25, 0.3) is 0 Å². The average Bonchev–Trinajstić information content (AvgIpc) is 2.48. The van der Waals surface area contributed by atoms with Gasteiger partial charge in [-0.1, -0.05) is 44.0 Å². The Kier molecular flexibility index (Phi) is 4.26. The number of hydrogen-bond acceptors (Lipinski definition) is 1. The lowest BCUT2D eigenvalue weighted by molar-refractivity contribution is 0.281. The number of hydrogen-bond donors (Lipinski definition) is 0. The van der Waals surface area contributed by atoms with Crippen LogP contribution in [0.5, 0.6) is 0 Å². The van der Waals surface area contributed by atoms with Crippen molar-refractivity contribution in [3.63, 3.8) is 0 Å². The fourth-order valence-electron chi connectivity index (χ4n) is 3.24. The van der Waals surface area contributed by atoms with Crippen LogP contribution in [0.15, 0.2) is 36.4 Å². The lowest BCUT2D eigenvalue weighted by atomic mass is 9.80. The number of benzene rings is 1. The van der Waals surface area contributed by atoms with Crippen molar-refractivity contribution < 1.29 is 0 Å². The van der Waals surface area contributed by atoms with Crippen LogP contribution in [0, 0.1) is 11.8 Å². The Labute approximate surface area is 126 Å². The van der Waals surface area contributed by atoms with E-state index in [9.17, 15) is 0 Å². The fraction of sp³-hybridized carbons (Fsp3) is 0.500.